The number of carbonyl (C=O) groups excluding carboxylic acids is 1. The number of hydrogen-bond acceptors (Lipinski definition) is 4. The zero-order valence-electron chi connectivity index (χ0n) is 12.6. The molecule has 0 bridgehead atoms. The summed E-state index contributed by atoms with van der Waals surface area (Å²) in [7, 11) is 3.97. The number of halogens is 1. The van der Waals surface area contributed by atoms with Crippen molar-refractivity contribution in [2.24, 2.45) is 0 Å². The van der Waals surface area contributed by atoms with Crippen LogP contribution in [0.5, 0.6) is 0 Å². The summed E-state index contributed by atoms with van der Waals surface area (Å²) in [6.45, 7) is 5.42. The minimum absolute atomic E-state index is 0.313. The third-order valence-electron chi connectivity index (χ3n) is 3.13. The van der Waals surface area contributed by atoms with Crippen molar-refractivity contribution in [1.82, 2.24) is 10.2 Å². The number of esters is 1. The molecule has 1 unspecified atom stereocenters. The summed E-state index contributed by atoms with van der Waals surface area (Å²) in [5, 5.41) is 3.82. The van der Waals surface area contributed by atoms with Crippen LogP contribution in [0.2, 0.25) is 5.02 Å². The first kappa shape index (κ1) is 17.0. The fourth-order valence-corrected chi connectivity index (χ4v) is 2.27. The SMILES string of the molecule is CCOC(=O)C(C)(NCCN(C)C)c1ccccc1Cl. The van der Waals surface area contributed by atoms with E-state index in [1.165, 1.54) is 0 Å². The van der Waals surface area contributed by atoms with Crippen molar-refractivity contribution in [3.63, 3.8) is 0 Å². The number of benzene rings is 1. The van der Waals surface area contributed by atoms with E-state index in [2.05, 4.69) is 5.32 Å². The summed E-state index contributed by atoms with van der Waals surface area (Å²) in [4.78, 5) is 14.4. The maximum absolute atomic E-state index is 12.3. The minimum Gasteiger partial charge on any atom is -0.464 e. The van der Waals surface area contributed by atoms with Gasteiger partial charge in [-0.3, -0.25) is 5.32 Å². The molecule has 0 aliphatic heterocycles. The monoisotopic (exact) mass is 298 g/mol. The quantitative estimate of drug-likeness (QED) is 0.784. The Balaban J connectivity index is 3.01. The molecule has 0 saturated carbocycles. The number of nitrogens with one attached hydrogen (secondary N) is 1. The average Bonchev–Trinajstić information content (AvgIpc) is 2.38. The normalized spacial score (nSPS) is 14.1. The molecule has 1 rings (SSSR count). The zero-order chi connectivity index (χ0) is 15.2. The lowest BCUT2D eigenvalue weighted by Crippen LogP contribution is -2.49. The van der Waals surface area contributed by atoms with Gasteiger partial charge in [-0.15, -0.1) is 0 Å². The maximum Gasteiger partial charge on any atom is 0.330 e. The first-order valence-electron chi connectivity index (χ1n) is 6.73. The van der Waals surface area contributed by atoms with E-state index < -0.39 is 5.54 Å². The van der Waals surface area contributed by atoms with Crippen molar-refractivity contribution in [3.05, 3.63) is 34.9 Å². The summed E-state index contributed by atoms with van der Waals surface area (Å²) in [5.74, 6) is -0.313. The van der Waals surface area contributed by atoms with E-state index in [1.54, 1.807) is 13.0 Å². The highest BCUT2D eigenvalue weighted by molar-refractivity contribution is 6.31. The molecule has 1 aromatic rings. The number of nitrogens with zero attached hydrogens (tertiary/aromatic N) is 1. The van der Waals surface area contributed by atoms with Crippen molar-refractivity contribution in [1.29, 1.82) is 0 Å². The highest BCUT2D eigenvalue weighted by Crippen LogP contribution is 2.29. The van der Waals surface area contributed by atoms with Crippen LogP contribution >= 0.6 is 11.6 Å². The zero-order valence-corrected chi connectivity index (χ0v) is 13.3. The van der Waals surface area contributed by atoms with E-state index in [9.17, 15) is 4.79 Å². The Morgan fingerprint density at radius 3 is 2.60 bits per heavy atom. The predicted octanol–water partition coefficient (Wildman–Crippen LogP) is 2.27. The van der Waals surface area contributed by atoms with Crippen LogP contribution in [0.1, 0.15) is 19.4 Å². The third kappa shape index (κ3) is 4.20. The Labute approximate surface area is 126 Å². The smallest absolute Gasteiger partial charge is 0.330 e. The average molecular weight is 299 g/mol. The third-order valence-corrected chi connectivity index (χ3v) is 3.46. The summed E-state index contributed by atoms with van der Waals surface area (Å²) in [6, 6.07) is 7.34. The lowest BCUT2D eigenvalue weighted by Gasteiger charge is -2.30. The summed E-state index contributed by atoms with van der Waals surface area (Å²) in [6.07, 6.45) is 0. The van der Waals surface area contributed by atoms with E-state index in [0.29, 0.717) is 18.2 Å². The van der Waals surface area contributed by atoms with E-state index in [0.717, 1.165) is 12.1 Å². The van der Waals surface area contributed by atoms with Crippen molar-refractivity contribution in [2.75, 3.05) is 33.8 Å². The van der Waals surface area contributed by atoms with Gasteiger partial charge in [0.2, 0.25) is 0 Å². The standard InChI is InChI=1S/C15H23ClN2O2/c1-5-20-14(19)15(2,17-10-11-18(3)4)12-8-6-7-9-13(12)16/h6-9,17H,5,10-11H2,1-4H3. The molecule has 1 atom stereocenters. The van der Waals surface area contributed by atoms with E-state index in [-0.39, 0.29) is 5.97 Å². The van der Waals surface area contributed by atoms with Crippen LogP contribution < -0.4 is 5.32 Å². The first-order chi connectivity index (χ1) is 9.41. The van der Waals surface area contributed by atoms with Crippen LogP contribution in [-0.2, 0) is 15.1 Å². The molecule has 1 aromatic carbocycles. The number of rotatable bonds is 7. The lowest BCUT2D eigenvalue weighted by atomic mass is 9.91. The molecule has 20 heavy (non-hydrogen) atoms. The van der Waals surface area contributed by atoms with Gasteiger partial charge >= 0.3 is 5.97 Å². The molecule has 0 aliphatic carbocycles. The number of carbonyl (C=O) groups is 1. The van der Waals surface area contributed by atoms with Gasteiger partial charge in [-0.25, -0.2) is 4.79 Å². The second-order valence-corrected chi connectivity index (χ2v) is 5.46. The first-order valence-corrected chi connectivity index (χ1v) is 7.11. The Morgan fingerprint density at radius 1 is 1.40 bits per heavy atom. The molecule has 0 radical (unpaired) electrons. The summed E-state index contributed by atoms with van der Waals surface area (Å²) < 4.78 is 5.20. The molecule has 5 heteroatoms. The van der Waals surface area contributed by atoms with Gasteiger partial charge in [-0.1, -0.05) is 29.8 Å². The van der Waals surface area contributed by atoms with Gasteiger partial charge in [0.05, 0.1) is 6.61 Å². The van der Waals surface area contributed by atoms with Gasteiger partial charge in [0, 0.05) is 23.7 Å². The largest absolute Gasteiger partial charge is 0.464 e. The molecule has 1 N–H and O–H groups in total. The summed E-state index contributed by atoms with van der Waals surface area (Å²) >= 11 is 6.24. The fraction of sp³-hybridized carbons (Fsp3) is 0.533. The fourth-order valence-electron chi connectivity index (χ4n) is 1.95. The Morgan fingerprint density at radius 2 is 2.05 bits per heavy atom. The van der Waals surface area contributed by atoms with Gasteiger partial charge < -0.3 is 9.64 Å². The van der Waals surface area contributed by atoms with Crippen molar-refractivity contribution in [3.8, 4) is 0 Å². The molecule has 0 spiro atoms. The summed E-state index contributed by atoms with van der Waals surface area (Å²) in [5.41, 5.74) is -0.205. The number of hydrogen-bond donors (Lipinski definition) is 1. The Kier molecular flexibility index (Phi) is 6.46. The van der Waals surface area contributed by atoms with Crippen molar-refractivity contribution < 1.29 is 9.53 Å². The van der Waals surface area contributed by atoms with Crippen LogP contribution in [0.15, 0.2) is 24.3 Å². The van der Waals surface area contributed by atoms with Gasteiger partial charge in [-0.05, 0) is 34.0 Å². The molecule has 4 nitrogen and oxygen atoms in total. The molecule has 0 heterocycles. The lowest BCUT2D eigenvalue weighted by molar-refractivity contribution is -0.151. The van der Waals surface area contributed by atoms with Crippen LogP contribution in [0.4, 0.5) is 0 Å². The Hall–Kier alpha value is -1.10. The van der Waals surface area contributed by atoms with E-state index in [4.69, 9.17) is 16.3 Å². The molecule has 0 amide bonds. The maximum atomic E-state index is 12.3. The molecular weight excluding hydrogens is 276 g/mol. The number of likely N-dealkylation sites (N-methyl/N-ethyl adjacent to an activating group) is 1. The van der Waals surface area contributed by atoms with Crippen LogP contribution in [-0.4, -0.2) is 44.7 Å². The van der Waals surface area contributed by atoms with Crippen LogP contribution in [0, 0.1) is 0 Å². The highest BCUT2D eigenvalue weighted by atomic mass is 35.5. The van der Waals surface area contributed by atoms with E-state index in [1.807, 2.05) is 44.1 Å². The molecule has 0 saturated heterocycles. The second-order valence-electron chi connectivity index (χ2n) is 5.06. The topological polar surface area (TPSA) is 41.6 Å². The van der Waals surface area contributed by atoms with Gasteiger partial charge in [-0.2, -0.15) is 0 Å². The second kappa shape index (κ2) is 7.62. The molecular formula is C15H23ClN2O2. The van der Waals surface area contributed by atoms with Gasteiger partial charge in [0.25, 0.3) is 0 Å². The van der Waals surface area contributed by atoms with Gasteiger partial charge in [0.15, 0.2) is 0 Å². The highest BCUT2D eigenvalue weighted by Gasteiger charge is 2.37. The van der Waals surface area contributed by atoms with Gasteiger partial charge in [0.1, 0.15) is 5.54 Å². The Bertz CT molecular complexity index is 451. The predicted molar refractivity (Wildman–Crippen MR) is 82.0 cm³/mol. The molecule has 0 fully saturated rings. The molecule has 0 aromatic heterocycles. The number of ether oxygens (including phenoxy) is 1. The van der Waals surface area contributed by atoms with Crippen molar-refractivity contribution in [2.45, 2.75) is 19.4 Å². The molecule has 0 aliphatic rings. The minimum atomic E-state index is -0.940. The van der Waals surface area contributed by atoms with E-state index >= 15 is 0 Å². The molecule has 112 valence electrons. The van der Waals surface area contributed by atoms with Crippen LogP contribution in [0.25, 0.3) is 0 Å². The van der Waals surface area contributed by atoms with Crippen molar-refractivity contribution >= 4 is 17.6 Å². The van der Waals surface area contributed by atoms with Crippen LogP contribution in [0.3, 0.4) is 0 Å².